The number of hydrogen-bond acceptors (Lipinski definition) is 5. The van der Waals surface area contributed by atoms with Crippen molar-refractivity contribution in [1.29, 1.82) is 0 Å². The second-order valence-electron chi connectivity index (χ2n) is 5.98. The largest absolute Gasteiger partial charge is 0.481 e. The summed E-state index contributed by atoms with van der Waals surface area (Å²) in [5, 5.41) is 13.8. The summed E-state index contributed by atoms with van der Waals surface area (Å²) in [5.41, 5.74) is 0. The molecule has 8 nitrogen and oxygen atoms in total. The third kappa shape index (κ3) is 11.4. The maximum Gasteiger partial charge on any atom is 0.328 e. The Kier molecular flexibility index (Phi) is 11.2. The van der Waals surface area contributed by atoms with Crippen LogP contribution in [0.2, 0.25) is 0 Å². The molecule has 2 amide bonds. The van der Waals surface area contributed by atoms with Crippen molar-refractivity contribution >= 4 is 23.8 Å². The van der Waals surface area contributed by atoms with E-state index >= 15 is 0 Å². The van der Waals surface area contributed by atoms with Crippen LogP contribution in [0.4, 0.5) is 0 Å². The van der Waals surface area contributed by atoms with Gasteiger partial charge >= 0.3 is 11.9 Å². The fraction of sp³-hybridized carbons (Fsp3) is 0.750. The van der Waals surface area contributed by atoms with Crippen molar-refractivity contribution in [3.05, 3.63) is 0 Å². The van der Waals surface area contributed by atoms with Gasteiger partial charge in [0.1, 0.15) is 6.04 Å². The molecule has 1 atom stereocenters. The lowest BCUT2D eigenvalue weighted by molar-refractivity contribution is -0.145. The van der Waals surface area contributed by atoms with E-state index in [-0.39, 0.29) is 30.6 Å². The van der Waals surface area contributed by atoms with E-state index in [1.807, 2.05) is 13.8 Å². The number of carbonyl (C=O) groups excluding carboxylic acids is 3. The molecule has 24 heavy (non-hydrogen) atoms. The third-order valence-corrected chi connectivity index (χ3v) is 3.22. The zero-order valence-corrected chi connectivity index (χ0v) is 14.6. The second-order valence-corrected chi connectivity index (χ2v) is 5.98. The van der Waals surface area contributed by atoms with Gasteiger partial charge in [-0.2, -0.15) is 0 Å². The molecule has 8 heteroatoms. The highest BCUT2D eigenvalue weighted by Crippen LogP contribution is 2.05. The Morgan fingerprint density at radius 2 is 1.71 bits per heavy atom. The van der Waals surface area contributed by atoms with Crippen LogP contribution in [-0.4, -0.2) is 48.6 Å². The van der Waals surface area contributed by atoms with Crippen LogP contribution in [0, 0.1) is 5.92 Å². The quantitative estimate of drug-likeness (QED) is 0.356. The highest BCUT2D eigenvalue weighted by molar-refractivity contribution is 5.84. The first kappa shape index (κ1) is 21.9. The van der Waals surface area contributed by atoms with Gasteiger partial charge in [-0.25, -0.2) is 4.79 Å². The molecule has 0 saturated heterocycles. The fourth-order valence-corrected chi connectivity index (χ4v) is 2.03. The summed E-state index contributed by atoms with van der Waals surface area (Å²) in [6, 6.07) is -0.691. The summed E-state index contributed by atoms with van der Waals surface area (Å²) in [6.45, 7) is 4.23. The zero-order chi connectivity index (χ0) is 18.5. The number of hydrogen-bond donors (Lipinski definition) is 3. The average molecular weight is 344 g/mol. The fourth-order valence-electron chi connectivity index (χ4n) is 2.03. The number of unbranched alkanes of at least 4 members (excludes halogenated alkanes) is 1. The predicted octanol–water partition coefficient (Wildman–Crippen LogP) is 0.842. The zero-order valence-electron chi connectivity index (χ0n) is 14.6. The Morgan fingerprint density at radius 1 is 1.04 bits per heavy atom. The minimum Gasteiger partial charge on any atom is -0.481 e. The molecule has 0 aliphatic carbocycles. The van der Waals surface area contributed by atoms with Crippen molar-refractivity contribution in [3.63, 3.8) is 0 Å². The molecule has 0 aromatic rings. The molecular weight excluding hydrogens is 316 g/mol. The molecule has 0 saturated carbocycles. The molecule has 0 aliphatic heterocycles. The summed E-state index contributed by atoms with van der Waals surface area (Å²) in [7, 11) is 1.27. The summed E-state index contributed by atoms with van der Waals surface area (Å²) >= 11 is 0. The van der Waals surface area contributed by atoms with Gasteiger partial charge in [-0.15, -0.1) is 0 Å². The SMILES string of the molecule is COC(=O)C(CCCCNC(=O)CCC(=O)O)NC(=O)CC(C)C. The van der Waals surface area contributed by atoms with Gasteiger partial charge < -0.3 is 20.5 Å². The molecule has 0 spiro atoms. The highest BCUT2D eigenvalue weighted by Gasteiger charge is 2.21. The lowest BCUT2D eigenvalue weighted by atomic mass is 10.1. The second kappa shape index (κ2) is 12.3. The molecule has 0 rings (SSSR count). The van der Waals surface area contributed by atoms with Gasteiger partial charge in [-0.05, 0) is 25.2 Å². The summed E-state index contributed by atoms with van der Waals surface area (Å²) in [5.74, 6) is -1.81. The van der Waals surface area contributed by atoms with Gasteiger partial charge in [0.2, 0.25) is 11.8 Å². The van der Waals surface area contributed by atoms with Gasteiger partial charge in [-0.1, -0.05) is 13.8 Å². The molecule has 138 valence electrons. The lowest BCUT2D eigenvalue weighted by Gasteiger charge is -2.17. The summed E-state index contributed by atoms with van der Waals surface area (Å²) < 4.78 is 4.69. The first-order chi connectivity index (χ1) is 11.3. The number of nitrogens with one attached hydrogen (secondary N) is 2. The molecule has 3 N–H and O–H groups in total. The number of methoxy groups -OCH3 is 1. The molecule has 0 bridgehead atoms. The standard InChI is InChI=1S/C16H28N2O6/c1-11(2)10-14(20)18-12(16(23)24-3)6-4-5-9-17-13(19)7-8-15(21)22/h11-12H,4-10H2,1-3H3,(H,17,19)(H,18,20)(H,21,22). The molecule has 0 aliphatic rings. The van der Waals surface area contributed by atoms with Gasteiger partial charge in [0.15, 0.2) is 0 Å². The third-order valence-electron chi connectivity index (χ3n) is 3.22. The van der Waals surface area contributed by atoms with E-state index in [9.17, 15) is 19.2 Å². The van der Waals surface area contributed by atoms with E-state index in [2.05, 4.69) is 15.4 Å². The van der Waals surface area contributed by atoms with Crippen molar-refractivity contribution in [1.82, 2.24) is 10.6 Å². The predicted molar refractivity (Wildman–Crippen MR) is 87.1 cm³/mol. The smallest absolute Gasteiger partial charge is 0.328 e. The number of rotatable bonds is 12. The van der Waals surface area contributed by atoms with Crippen LogP contribution < -0.4 is 10.6 Å². The monoisotopic (exact) mass is 344 g/mol. The van der Waals surface area contributed by atoms with Gasteiger partial charge in [0.25, 0.3) is 0 Å². The first-order valence-corrected chi connectivity index (χ1v) is 8.12. The molecule has 0 aromatic carbocycles. The van der Waals surface area contributed by atoms with Crippen molar-refractivity contribution in [2.75, 3.05) is 13.7 Å². The Balaban J connectivity index is 4.06. The number of esters is 1. The van der Waals surface area contributed by atoms with E-state index in [0.29, 0.717) is 32.2 Å². The average Bonchev–Trinajstić information content (AvgIpc) is 2.49. The number of carbonyl (C=O) groups is 4. The Bertz CT molecular complexity index is 436. The number of ether oxygens (including phenoxy) is 1. The van der Waals surface area contributed by atoms with Crippen LogP contribution in [0.15, 0.2) is 0 Å². The van der Waals surface area contributed by atoms with Crippen LogP contribution >= 0.6 is 0 Å². The Hall–Kier alpha value is -2.12. The highest BCUT2D eigenvalue weighted by atomic mass is 16.5. The summed E-state index contributed by atoms with van der Waals surface area (Å²) in [6.07, 6.45) is 1.74. The molecule has 1 unspecified atom stereocenters. The van der Waals surface area contributed by atoms with Crippen molar-refractivity contribution in [3.8, 4) is 0 Å². The van der Waals surface area contributed by atoms with E-state index in [1.54, 1.807) is 0 Å². The maximum absolute atomic E-state index is 11.8. The first-order valence-electron chi connectivity index (χ1n) is 8.12. The van der Waals surface area contributed by atoms with E-state index in [1.165, 1.54) is 7.11 Å². The van der Waals surface area contributed by atoms with Gasteiger partial charge in [-0.3, -0.25) is 14.4 Å². The van der Waals surface area contributed by atoms with E-state index in [0.717, 1.165) is 0 Å². The Labute approximate surface area is 142 Å². The number of carboxylic acids is 1. The van der Waals surface area contributed by atoms with Gasteiger partial charge in [0.05, 0.1) is 13.5 Å². The lowest BCUT2D eigenvalue weighted by Crippen LogP contribution is -2.42. The molecule has 0 aromatic heterocycles. The molecular formula is C16H28N2O6. The van der Waals surface area contributed by atoms with Crippen LogP contribution in [0.3, 0.4) is 0 Å². The number of carboxylic acid groups (broad SMARTS) is 1. The normalized spacial score (nSPS) is 11.7. The molecule has 0 fully saturated rings. The summed E-state index contributed by atoms with van der Waals surface area (Å²) in [4.78, 5) is 45.1. The van der Waals surface area contributed by atoms with E-state index in [4.69, 9.17) is 5.11 Å². The number of amides is 2. The topological polar surface area (TPSA) is 122 Å². The van der Waals surface area contributed by atoms with E-state index < -0.39 is 18.0 Å². The maximum atomic E-state index is 11.8. The Morgan fingerprint density at radius 3 is 2.25 bits per heavy atom. The van der Waals surface area contributed by atoms with Crippen LogP contribution in [-0.2, 0) is 23.9 Å². The molecule has 0 radical (unpaired) electrons. The van der Waals surface area contributed by atoms with Crippen molar-refractivity contribution in [2.24, 2.45) is 5.92 Å². The van der Waals surface area contributed by atoms with Crippen LogP contribution in [0.25, 0.3) is 0 Å². The minimum absolute atomic E-state index is 0.0502. The minimum atomic E-state index is -1.01. The van der Waals surface area contributed by atoms with Crippen molar-refractivity contribution in [2.45, 2.75) is 58.4 Å². The van der Waals surface area contributed by atoms with Crippen LogP contribution in [0.1, 0.15) is 52.4 Å². The van der Waals surface area contributed by atoms with Gasteiger partial charge in [0, 0.05) is 19.4 Å². The molecule has 0 heterocycles. The van der Waals surface area contributed by atoms with Crippen LogP contribution in [0.5, 0.6) is 0 Å². The number of aliphatic carboxylic acids is 1. The van der Waals surface area contributed by atoms with Crippen molar-refractivity contribution < 1.29 is 29.0 Å².